The van der Waals surface area contributed by atoms with Crippen molar-refractivity contribution in [2.45, 2.75) is 53.6 Å². The van der Waals surface area contributed by atoms with Gasteiger partial charge in [-0.3, -0.25) is 4.90 Å². The SMILES string of the molecule is CCCN(C)c1nc(C)nc(CN(C)C(C)c2ccccc2C)c1C. The predicted octanol–water partition coefficient (Wildman–Crippen LogP) is 4.44. The van der Waals surface area contributed by atoms with Crippen molar-refractivity contribution in [3.63, 3.8) is 0 Å². The fourth-order valence-electron chi connectivity index (χ4n) is 3.30. The van der Waals surface area contributed by atoms with Crippen molar-refractivity contribution >= 4 is 5.82 Å². The minimum absolute atomic E-state index is 0.340. The second-order valence-corrected chi connectivity index (χ2v) is 7.04. The number of rotatable bonds is 7. The van der Waals surface area contributed by atoms with Crippen LogP contribution < -0.4 is 4.90 Å². The first-order valence-corrected chi connectivity index (χ1v) is 9.16. The zero-order valence-electron chi connectivity index (χ0n) is 16.8. The van der Waals surface area contributed by atoms with E-state index in [1.165, 1.54) is 16.7 Å². The van der Waals surface area contributed by atoms with Crippen molar-refractivity contribution in [2.24, 2.45) is 0 Å². The number of benzene rings is 1. The summed E-state index contributed by atoms with van der Waals surface area (Å²) in [4.78, 5) is 14.0. The maximum Gasteiger partial charge on any atom is 0.135 e. The Labute approximate surface area is 152 Å². The molecule has 4 heteroatoms. The highest BCUT2D eigenvalue weighted by Gasteiger charge is 2.18. The molecule has 1 atom stereocenters. The van der Waals surface area contributed by atoms with Crippen LogP contribution in [0.5, 0.6) is 0 Å². The standard InChI is InChI=1S/C21H32N4/c1-8-13-24(6)21-16(3)20(22-18(5)23-21)14-25(7)17(4)19-12-10-9-11-15(19)2/h9-12,17H,8,13-14H2,1-7H3. The van der Waals surface area contributed by atoms with Crippen molar-refractivity contribution in [3.05, 3.63) is 52.5 Å². The van der Waals surface area contributed by atoms with Crippen molar-refractivity contribution in [1.29, 1.82) is 0 Å². The molecule has 0 aliphatic heterocycles. The van der Waals surface area contributed by atoms with Gasteiger partial charge in [-0.2, -0.15) is 0 Å². The number of hydrogen-bond donors (Lipinski definition) is 0. The first-order valence-electron chi connectivity index (χ1n) is 9.16. The Kier molecular flexibility index (Phi) is 6.54. The number of nitrogens with zero attached hydrogens (tertiary/aromatic N) is 4. The second kappa shape index (κ2) is 8.43. The molecular formula is C21H32N4. The maximum atomic E-state index is 4.73. The Morgan fingerprint density at radius 1 is 1.04 bits per heavy atom. The summed E-state index contributed by atoms with van der Waals surface area (Å²) in [6.07, 6.45) is 1.11. The van der Waals surface area contributed by atoms with Crippen LogP contribution in [-0.4, -0.2) is 35.5 Å². The van der Waals surface area contributed by atoms with Crippen LogP contribution in [0, 0.1) is 20.8 Å². The summed E-state index contributed by atoms with van der Waals surface area (Å²) in [6, 6.07) is 8.95. The normalized spacial score (nSPS) is 12.5. The molecule has 0 aliphatic rings. The molecule has 1 aromatic heterocycles. The minimum Gasteiger partial charge on any atom is -0.359 e. The van der Waals surface area contributed by atoms with Crippen molar-refractivity contribution in [1.82, 2.24) is 14.9 Å². The van der Waals surface area contributed by atoms with Crippen LogP contribution in [-0.2, 0) is 6.54 Å². The average molecular weight is 341 g/mol. The zero-order chi connectivity index (χ0) is 18.6. The van der Waals surface area contributed by atoms with Gasteiger partial charge in [-0.1, -0.05) is 31.2 Å². The van der Waals surface area contributed by atoms with E-state index in [0.29, 0.717) is 6.04 Å². The summed E-state index contributed by atoms with van der Waals surface area (Å²) in [5, 5.41) is 0. The molecule has 0 fully saturated rings. The van der Waals surface area contributed by atoms with Crippen molar-refractivity contribution < 1.29 is 0 Å². The molecule has 1 unspecified atom stereocenters. The summed E-state index contributed by atoms with van der Waals surface area (Å²) < 4.78 is 0. The Bertz CT molecular complexity index is 711. The fourth-order valence-corrected chi connectivity index (χ4v) is 3.30. The van der Waals surface area contributed by atoms with Gasteiger partial charge in [0, 0.05) is 31.7 Å². The molecule has 0 amide bonds. The predicted molar refractivity (Wildman–Crippen MR) is 106 cm³/mol. The molecule has 0 saturated heterocycles. The highest BCUT2D eigenvalue weighted by Crippen LogP contribution is 2.26. The van der Waals surface area contributed by atoms with Crippen LogP contribution in [0.25, 0.3) is 0 Å². The smallest absolute Gasteiger partial charge is 0.135 e. The van der Waals surface area contributed by atoms with E-state index in [1.54, 1.807) is 0 Å². The summed E-state index contributed by atoms with van der Waals surface area (Å²) in [5.41, 5.74) is 5.01. The van der Waals surface area contributed by atoms with Gasteiger partial charge in [0.15, 0.2) is 0 Å². The second-order valence-electron chi connectivity index (χ2n) is 7.04. The van der Waals surface area contributed by atoms with Gasteiger partial charge in [0.05, 0.1) is 5.69 Å². The maximum absolute atomic E-state index is 4.73. The molecule has 136 valence electrons. The highest BCUT2D eigenvalue weighted by atomic mass is 15.2. The van der Waals surface area contributed by atoms with Gasteiger partial charge in [0.25, 0.3) is 0 Å². The lowest BCUT2D eigenvalue weighted by Gasteiger charge is -2.28. The van der Waals surface area contributed by atoms with Crippen LogP contribution in [0.1, 0.15) is 54.5 Å². The molecule has 2 rings (SSSR count). The molecule has 4 nitrogen and oxygen atoms in total. The largest absolute Gasteiger partial charge is 0.359 e. The molecule has 25 heavy (non-hydrogen) atoms. The lowest BCUT2D eigenvalue weighted by molar-refractivity contribution is 0.248. The molecule has 1 heterocycles. The molecule has 0 N–H and O–H groups in total. The van der Waals surface area contributed by atoms with Gasteiger partial charge in [-0.25, -0.2) is 9.97 Å². The first-order chi connectivity index (χ1) is 11.8. The molecule has 1 aromatic carbocycles. The Morgan fingerprint density at radius 2 is 1.72 bits per heavy atom. The quantitative estimate of drug-likeness (QED) is 0.746. The van der Waals surface area contributed by atoms with E-state index in [1.807, 2.05) is 6.92 Å². The van der Waals surface area contributed by atoms with Gasteiger partial charge in [-0.05, 0) is 52.3 Å². The first kappa shape index (κ1) is 19.4. The van der Waals surface area contributed by atoms with Crippen molar-refractivity contribution in [2.75, 3.05) is 25.5 Å². The fraction of sp³-hybridized carbons (Fsp3) is 0.524. The van der Waals surface area contributed by atoms with Crippen LogP contribution >= 0.6 is 0 Å². The number of hydrogen-bond acceptors (Lipinski definition) is 4. The minimum atomic E-state index is 0.340. The number of aromatic nitrogens is 2. The Hall–Kier alpha value is -1.94. The van der Waals surface area contributed by atoms with Gasteiger partial charge in [0.2, 0.25) is 0 Å². The third kappa shape index (κ3) is 4.57. The van der Waals surface area contributed by atoms with Crippen LogP contribution in [0.4, 0.5) is 5.82 Å². The van der Waals surface area contributed by atoms with Gasteiger partial charge >= 0.3 is 0 Å². The lowest BCUT2D eigenvalue weighted by atomic mass is 10.0. The van der Waals surface area contributed by atoms with Crippen molar-refractivity contribution in [3.8, 4) is 0 Å². The number of aryl methyl sites for hydroxylation is 2. The Morgan fingerprint density at radius 3 is 2.36 bits per heavy atom. The van der Waals surface area contributed by atoms with Gasteiger partial charge in [0.1, 0.15) is 11.6 Å². The lowest BCUT2D eigenvalue weighted by Crippen LogP contribution is -2.26. The van der Waals surface area contributed by atoms with Crippen LogP contribution in [0.2, 0.25) is 0 Å². The van der Waals surface area contributed by atoms with E-state index in [2.05, 4.69) is 80.8 Å². The summed E-state index contributed by atoms with van der Waals surface area (Å²) in [7, 11) is 4.28. The molecular weight excluding hydrogens is 308 g/mol. The van der Waals surface area contributed by atoms with E-state index in [-0.39, 0.29) is 0 Å². The summed E-state index contributed by atoms with van der Waals surface area (Å²) in [5.74, 6) is 1.90. The van der Waals surface area contributed by atoms with E-state index >= 15 is 0 Å². The zero-order valence-corrected chi connectivity index (χ0v) is 16.8. The molecule has 0 radical (unpaired) electrons. The topological polar surface area (TPSA) is 32.3 Å². The van der Waals surface area contributed by atoms with Crippen LogP contribution in [0.3, 0.4) is 0 Å². The van der Waals surface area contributed by atoms with E-state index < -0.39 is 0 Å². The van der Waals surface area contributed by atoms with E-state index in [9.17, 15) is 0 Å². The molecule has 0 spiro atoms. The van der Waals surface area contributed by atoms with E-state index in [0.717, 1.165) is 36.8 Å². The highest BCUT2D eigenvalue weighted by molar-refractivity contribution is 5.47. The third-order valence-corrected chi connectivity index (χ3v) is 4.95. The summed E-state index contributed by atoms with van der Waals surface area (Å²) >= 11 is 0. The molecule has 0 bridgehead atoms. The molecule has 0 aliphatic carbocycles. The van der Waals surface area contributed by atoms with Gasteiger partial charge < -0.3 is 4.90 Å². The number of anilines is 1. The Balaban J connectivity index is 2.26. The average Bonchev–Trinajstić information content (AvgIpc) is 2.57. The molecule has 2 aromatic rings. The third-order valence-electron chi connectivity index (χ3n) is 4.95. The van der Waals surface area contributed by atoms with E-state index in [4.69, 9.17) is 4.98 Å². The summed E-state index contributed by atoms with van der Waals surface area (Å²) in [6.45, 7) is 12.6. The van der Waals surface area contributed by atoms with Gasteiger partial charge in [-0.15, -0.1) is 0 Å². The monoisotopic (exact) mass is 340 g/mol. The van der Waals surface area contributed by atoms with Crippen LogP contribution in [0.15, 0.2) is 24.3 Å². The molecule has 0 saturated carbocycles.